The predicted octanol–water partition coefficient (Wildman–Crippen LogP) is 3.71. The summed E-state index contributed by atoms with van der Waals surface area (Å²) < 4.78 is 0. The lowest BCUT2D eigenvalue weighted by Crippen LogP contribution is -2.16. The number of carboxylic acid groups (broad SMARTS) is 1. The summed E-state index contributed by atoms with van der Waals surface area (Å²) in [4.78, 5) is 26.4. The van der Waals surface area contributed by atoms with Crippen LogP contribution in [0.2, 0.25) is 0 Å². The largest absolute Gasteiger partial charge is 0.477 e. The number of thiazole rings is 1. The maximum absolute atomic E-state index is 11.4. The van der Waals surface area contributed by atoms with Gasteiger partial charge in [0.25, 0.3) is 5.69 Å². The molecule has 1 N–H and O–H groups in total. The Kier molecular flexibility index (Phi) is 3.78. The summed E-state index contributed by atoms with van der Waals surface area (Å²) in [5.41, 5.74) is 0.244. The average molecular weight is 306 g/mol. The van der Waals surface area contributed by atoms with Gasteiger partial charge in [-0.2, -0.15) is 0 Å². The monoisotopic (exact) mass is 306 g/mol. The molecular formula is C14H14N2O4S. The minimum Gasteiger partial charge on any atom is -0.477 e. The van der Waals surface area contributed by atoms with E-state index in [-0.39, 0.29) is 10.6 Å². The molecule has 1 aromatic carbocycles. The average Bonchev–Trinajstić information content (AvgIpc) is 2.83. The van der Waals surface area contributed by atoms with Gasteiger partial charge in [0.2, 0.25) is 0 Å². The van der Waals surface area contributed by atoms with Crippen molar-refractivity contribution < 1.29 is 14.8 Å². The standard InChI is InChI=1S/C14H14N2O4S/c1-14(2,3)11-10(13(17)18)21-12(15-11)8-6-4-5-7-9(8)16(19)20/h4-7H,1-3H3,(H,17,18). The van der Waals surface area contributed by atoms with Crippen molar-refractivity contribution in [3.05, 3.63) is 45.0 Å². The van der Waals surface area contributed by atoms with Crippen LogP contribution >= 0.6 is 11.3 Å². The number of hydrogen-bond donors (Lipinski definition) is 1. The van der Waals surface area contributed by atoms with Gasteiger partial charge in [0.15, 0.2) is 0 Å². The number of rotatable bonds is 3. The van der Waals surface area contributed by atoms with E-state index >= 15 is 0 Å². The molecule has 21 heavy (non-hydrogen) atoms. The number of para-hydroxylation sites is 1. The highest BCUT2D eigenvalue weighted by molar-refractivity contribution is 7.17. The molecule has 0 fully saturated rings. The van der Waals surface area contributed by atoms with E-state index in [0.717, 1.165) is 11.3 Å². The van der Waals surface area contributed by atoms with Crippen LogP contribution in [0.5, 0.6) is 0 Å². The van der Waals surface area contributed by atoms with E-state index < -0.39 is 16.3 Å². The lowest BCUT2D eigenvalue weighted by Gasteiger charge is -2.15. The van der Waals surface area contributed by atoms with Crippen molar-refractivity contribution in [2.24, 2.45) is 0 Å². The lowest BCUT2D eigenvalue weighted by molar-refractivity contribution is -0.384. The molecule has 1 heterocycles. The number of nitro benzene ring substituents is 1. The maximum Gasteiger partial charge on any atom is 0.347 e. The zero-order valence-electron chi connectivity index (χ0n) is 11.8. The van der Waals surface area contributed by atoms with Gasteiger partial charge in [-0.05, 0) is 6.07 Å². The topological polar surface area (TPSA) is 93.3 Å². The highest BCUT2D eigenvalue weighted by atomic mass is 32.1. The predicted molar refractivity (Wildman–Crippen MR) is 79.9 cm³/mol. The molecule has 1 aromatic heterocycles. The minimum absolute atomic E-state index is 0.0800. The molecule has 0 aliphatic carbocycles. The normalized spacial score (nSPS) is 11.4. The molecule has 2 rings (SSSR count). The summed E-state index contributed by atoms with van der Waals surface area (Å²) in [7, 11) is 0. The Hall–Kier alpha value is -2.28. The van der Waals surface area contributed by atoms with Crippen molar-refractivity contribution in [3.8, 4) is 10.6 Å². The molecular weight excluding hydrogens is 292 g/mol. The van der Waals surface area contributed by atoms with Crippen LogP contribution in [0.4, 0.5) is 5.69 Å². The second kappa shape index (κ2) is 5.25. The molecule has 2 aromatic rings. The van der Waals surface area contributed by atoms with E-state index in [1.807, 2.05) is 20.8 Å². The number of aromatic carboxylic acids is 1. The fourth-order valence-electron chi connectivity index (χ4n) is 1.90. The smallest absolute Gasteiger partial charge is 0.347 e. The van der Waals surface area contributed by atoms with Crippen molar-refractivity contribution >= 4 is 23.0 Å². The van der Waals surface area contributed by atoms with Crippen LogP contribution in [0.15, 0.2) is 24.3 Å². The van der Waals surface area contributed by atoms with Gasteiger partial charge in [-0.1, -0.05) is 32.9 Å². The van der Waals surface area contributed by atoms with Crippen molar-refractivity contribution in [2.45, 2.75) is 26.2 Å². The third-order valence-corrected chi connectivity index (χ3v) is 3.94. The van der Waals surface area contributed by atoms with Crippen molar-refractivity contribution in [1.82, 2.24) is 4.98 Å². The van der Waals surface area contributed by atoms with Gasteiger partial charge in [-0.25, -0.2) is 9.78 Å². The van der Waals surface area contributed by atoms with Gasteiger partial charge in [0.1, 0.15) is 9.88 Å². The number of benzene rings is 1. The highest BCUT2D eigenvalue weighted by Crippen LogP contribution is 2.37. The Morgan fingerprint density at radius 3 is 2.43 bits per heavy atom. The van der Waals surface area contributed by atoms with E-state index in [1.165, 1.54) is 6.07 Å². The summed E-state index contributed by atoms with van der Waals surface area (Å²) in [6.07, 6.45) is 0. The zero-order valence-corrected chi connectivity index (χ0v) is 12.6. The number of nitrogens with zero attached hydrogens (tertiary/aromatic N) is 2. The van der Waals surface area contributed by atoms with E-state index in [0.29, 0.717) is 16.3 Å². The third-order valence-electron chi connectivity index (χ3n) is 2.86. The van der Waals surface area contributed by atoms with Crippen LogP contribution in [0.3, 0.4) is 0 Å². The maximum atomic E-state index is 11.4. The van der Waals surface area contributed by atoms with E-state index in [9.17, 15) is 20.0 Å². The van der Waals surface area contributed by atoms with Gasteiger partial charge >= 0.3 is 5.97 Å². The van der Waals surface area contributed by atoms with Crippen molar-refractivity contribution in [1.29, 1.82) is 0 Å². The van der Waals surface area contributed by atoms with E-state index in [4.69, 9.17) is 0 Å². The SMILES string of the molecule is CC(C)(C)c1nc(-c2ccccc2[N+](=O)[O-])sc1C(=O)O. The van der Waals surface area contributed by atoms with E-state index in [2.05, 4.69) is 4.98 Å². The van der Waals surface area contributed by atoms with Crippen LogP contribution in [0.25, 0.3) is 10.6 Å². The van der Waals surface area contributed by atoms with Gasteiger partial charge in [-0.15, -0.1) is 11.3 Å². The Morgan fingerprint density at radius 2 is 1.95 bits per heavy atom. The molecule has 0 spiro atoms. The zero-order chi connectivity index (χ0) is 15.8. The van der Waals surface area contributed by atoms with Crippen LogP contribution in [0.1, 0.15) is 36.1 Å². The highest BCUT2D eigenvalue weighted by Gasteiger charge is 2.29. The van der Waals surface area contributed by atoms with Crippen LogP contribution < -0.4 is 0 Å². The lowest BCUT2D eigenvalue weighted by atomic mass is 9.91. The molecule has 0 aliphatic heterocycles. The molecule has 0 aliphatic rings. The summed E-state index contributed by atoms with van der Waals surface area (Å²) >= 11 is 0.964. The first-order chi connectivity index (χ1) is 9.71. The third kappa shape index (κ3) is 2.92. The summed E-state index contributed by atoms with van der Waals surface area (Å²) in [6, 6.07) is 6.20. The molecule has 0 saturated carbocycles. The molecule has 0 bridgehead atoms. The van der Waals surface area contributed by atoms with Crippen LogP contribution in [0, 0.1) is 10.1 Å². The molecule has 0 unspecified atom stereocenters. The summed E-state index contributed by atoms with van der Waals surface area (Å²) in [6.45, 7) is 5.58. The molecule has 0 atom stereocenters. The number of hydrogen-bond acceptors (Lipinski definition) is 5. The molecule has 0 amide bonds. The minimum atomic E-state index is -1.07. The first-order valence-electron chi connectivity index (χ1n) is 6.20. The summed E-state index contributed by atoms with van der Waals surface area (Å²) in [5.74, 6) is -1.07. The first-order valence-corrected chi connectivity index (χ1v) is 7.02. The molecule has 110 valence electrons. The van der Waals surface area contributed by atoms with Gasteiger partial charge in [0.05, 0.1) is 16.2 Å². The number of aromatic nitrogens is 1. The quantitative estimate of drug-likeness (QED) is 0.689. The van der Waals surface area contributed by atoms with Gasteiger partial charge in [0, 0.05) is 11.5 Å². The number of nitro groups is 1. The van der Waals surface area contributed by atoms with Crippen LogP contribution in [-0.2, 0) is 5.41 Å². The first kappa shape index (κ1) is 15.1. The van der Waals surface area contributed by atoms with Crippen LogP contribution in [-0.4, -0.2) is 21.0 Å². The fraction of sp³-hybridized carbons (Fsp3) is 0.286. The second-order valence-corrected chi connectivity index (χ2v) is 6.53. The van der Waals surface area contributed by atoms with Crippen molar-refractivity contribution in [3.63, 3.8) is 0 Å². The molecule has 0 radical (unpaired) electrons. The van der Waals surface area contributed by atoms with E-state index in [1.54, 1.807) is 18.2 Å². The molecule has 6 nitrogen and oxygen atoms in total. The Morgan fingerprint density at radius 1 is 1.33 bits per heavy atom. The Labute approximate surface area is 125 Å². The fourth-order valence-corrected chi connectivity index (χ4v) is 3.05. The summed E-state index contributed by atoms with van der Waals surface area (Å²) in [5, 5.41) is 20.7. The number of carboxylic acids is 1. The molecule has 7 heteroatoms. The van der Waals surface area contributed by atoms with Gasteiger partial charge < -0.3 is 5.11 Å². The second-order valence-electron chi connectivity index (χ2n) is 5.53. The Bertz CT molecular complexity index is 716. The Balaban J connectivity index is 2.67. The van der Waals surface area contributed by atoms with Gasteiger partial charge in [-0.3, -0.25) is 10.1 Å². The number of carbonyl (C=O) groups is 1. The molecule has 0 saturated heterocycles. The van der Waals surface area contributed by atoms with Crippen molar-refractivity contribution in [2.75, 3.05) is 0 Å².